The highest BCUT2D eigenvalue weighted by Crippen LogP contribution is 2.22. The van der Waals surface area contributed by atoms with Crippen LogP contribution in [-0.4, -0.2) is 55.7 Å². The molecule has 0 saturated heterocycles. The molecule has 5 N–H and O–H groups in total. The Kier molecular flexibility index (Phi) is 14.1. The van der Waals surface area contributed by atoms with Crippen molar-refractivity contribution in [2.45, 2.75) is 51.4 Å². The summed E-state index contributed by atoms with van der Waals surface area (Å²) in [5.74, 6) is -0.130. The largest absolute Gasteiger partial charge is 0.387 e. The van der Waals surface area contributed by atoms with Crippen LogP contribution in [0.1, 0.15) is 70.3 Å². The van der Waals surface area contributed by atoms with Gasteiger partial charge in [-0.2, -0.15) is 0 Å². The number of aliphatic hydroxyl groups excluding tert-OH is 1. The minimum absolute atomic E-state index is 0.219. The van der Waals surface area contributed by atoms with Crippen LogP contribution in [0.25, 0.3) is 0 Å². The van der Waals surface area contributed by atoms with Crippen LogP contribution >= 0.6 is 12.8 Å². The fraction of sp³-hybridized carbons (Fsp3) is 0.333. The smallest absolute Gasteiger partial charge is 0.251 e. The highest BCUT2D eigenvalue weighted by molar-refractivity contribution is 7.81. The minimum atomic E-state index is -0.749. The number of carbonyl (C=O) groups excluding carboxylic acids is 2. The second kappa shape index (κ2) is 18.4. The maximum Gasteiger partial charge on any atom is 0.251 e. The zero-order valence-electron chi connectivity index (χ0n) is 28.3. The second-order valence-corrected chi connectivity index (χ2v) is 13.3. The van der Waals surface area contributed by atoms with Crippen molar-refractivity contribution in [1.82, 2.24) is 21.3 Å². The summed E-state index contributed by atoms with van der Waals surface area (Å²) in [5.41, 5.74) is 4.21. The van der Waals surface area contributed by atoms with E-state index >= 15 is 0 Å². The van der Waals surface area contributed by atoms with Gasteiger partial charge in [0.2, 0.25) is 0 Å². The van der Waals surface area contributed by atoms with Crippen molar-refractivity contribution in [2.24, 2.45) is 5.92 Å². The molecule has 0 spiro atoms. The Bertz CT molecular complexity index is 1570. The number of aliphatic hydroxyl groups is 1. The van der Waals surface area contributed by atoms with E-state index in [0.717, 1.165) is 23.2 Å². The standard InChI is InChI=1S/C39H49N5O3S/c1-27(2)24-40-26-36(37(45)31-18-12-7-13-19-31)41-25-34(20-29-14-8-5-9-15-29)43-39(47)33-21-32(22-35(23-33)44(4)48)38(46)42-28(3)30-16-10-6-11-17-30/h5-19,21-23,27-28,34,36-37,40-41,45,48H,20,24-26H2,1-4H3,(H,42,46)(H,43,47)/t28-,34+,36-,37?/m1/s1. The fourth-order valence-electron chi connectivity index (χ4n) is 5.51. The number of amides is 2. The van der Waals surface area contributed by atoms with Crippen molar-refractivity contribution in [1.29, 1.82) is 0 Å². The average Bonchev–Trinajstić information content (AvgIpc) is 3.10. The Balaban J connectivity index is 1.55. The molecule has 0 radical (unpaired) electrons. The van der Waals surface area contributed by atoms with E-state index in [9.17, 15) is 14.7 Å². The maximum absolute atomic E-state index is 13.9. The van der Waals surface area contributed by atoms with Gasteiger partial charge in [0.25, 0.3) is 11.8 Å². The number of nitrogens with zero attached hydrogens (tertiary/aromatic N) is 1. The molecule has 0 heterocycles. The van der Waals surface area contributed by atoms with Crippen molar-refractivity contribution in [3.05, 3.63) is 137 Å². The molecule has 9 heteroatoms. The van der Waals surface area contributed by atoms with E-state index in [1.807, 2.05) is 97.9 Å². The highest BCUT2D eigenvalue weighted by atomic mass is 32.1. The predicted molar refractivity (Wildman–Crippen MR) is 198 cm³/mol. The SMILES string of the molecule is CC(C)CNC[C@@H](NC[C@H](Cc1ccccc1)NC(=O)c1cc(C(=O)N[C@H](C)c2ccccc2)cc(N(C)S)c1)C(O)c1ccccc1. The van der Waals surface area contributed by atoms with Crippen LogP contribution in [0.2, 0.25) is 0 Å². The van der Waals surface area contributed by atoms with Crippen molar-refractivity contribution in [3.63, 3.8) is 0 Å². The van der Waals surface area contributed by atoms with Crippen LogP contribution < -0.4 is 25.6 Å². The first-order valence-corrected chi connectivity index (χ1v) is 17.0. The van der Waals surface area contributed by atoms with E-state index in [1.165, 1.54) is 0 Å². The van der Waals surface area contributed by atoms with Crippen LogP contribution in [0.4, 0.5) is 5.69 Å². The normalized spacial score (nSPS) is 13.7. The van der Waals surface area contributed by atoms with E-state index in [0.29, 0.717) is 42.2 Å². The lowest BCUT2D eigenvalue weighted by Gasteiger charge is -2.28. The molecule has 4 aromatic carbocycles. The fourth-order valence-corrected chi connectivity index (χ4v) is 5.62. The molecule has 0 aromatic heterocycles. The van der Waals surface area contributed by atoms with E-state index < -0.39 is 6.10 Å². The average molecular weight is 668 g/mol. The Hall–Kier alpha value is -4.15. The molecule has 4 aromatic rings. The molecule has 4 rings (SSSR count). The van der Waals surface area contributed by atoms with Gasteiger partial charge >= 0.3 is 0 Å². The van der Waals surface area contributed by atoms with Gasteiger partial charge in [-0.3, -0.25) is 9.59 Å². The van der Waals surface area contributed by atoms with Crippen LogP contribution in [0.5, 0.6) is 0 Å². The number of rotatable bonds is 17. The summed E-state index contributed by atoms with van der Waals surface area (Å²) in [6.07, 6.45) is -0.178. The zero-order chi connectivity index (χ0) is 34.5. The first-order chi connectivity index (χ1) is 23.1. The summed E-state index contributed by atoms with van der Waals surface area (Å²) in [4.78, 5) is 27.3. The van der Waals surface area contributed by atoms with E-state index in [1.54, 1.807) is 29.6 Å². The lowest BCUT2D eigenvalue weighted by Crippen LogP contribution is -2.50. The van der Waals surface area contributed by atoms with Gasteiger partial charge in [0.15, 0.2) is 0 Å². The van der Waals surface area contributed by atoms with E-state index in [-0.39, 0.29) is 29.9 Å². The third-order valence-electron chi connectivity index (χ3n) is 8.19. The summed E-state index contributed by atoms with van der Waals surface area (Å²) in [6.45, 7) is 8.00. The van der Waals surface area contributed by atoms with Gasteiger partial charge in [0, 0.05) is 49.0 Å². The van der Waals surface area contributed by atoms with Crippen molar-refractivity contribution < 1.29 is 14.7 Å². The number of hydrogen-bond donors (Lipinski definition) is 6. The van der Waals surface area contributed by atoms with Gasteiger partial charge in [0.05, 0.1) is 12.1 Å². The van der Waals surface area contributed by atoms with Gasteiger partial charge in [0.1, 0.15) is 0 Å². The molecular weight excluding hydrogens is 619 g/mol. The molecule has 0 aliphatic carbocycles. The number of benzene rings is 4. The molecule has 0 aliphatic rings. The zero-order valence-corrected chi connectivity index (χ0v) is 29.2. The number of nitrogens with one attached hydrogen (secondary N) is 4. The number of anilines is 1. The number of thiol groups is 1. The first kappa shape index (κ1) is 36.7. The molecule has 0 bridgehead atoms. The summed E-state index contributed by atoms with van der Waals surface area (Å²) >= 11 is 4.46. The van der Waals surface area contributed by atoms with Crippen LogP contribution in [-0.2, 0) is 6.42 Å². The van der Waals surface area contributed by atoms with E-state index in [4.69, 9.17) is 0 Å². The van der Waals surface area contributed by atoms with Crippen molar-refractivity contribution in [2.75, 3.05) is 31.0 Å². The third-order valence-corrected chi connectivity index (χ3v) is 8.42. The van der Waals surface area contributed by atoms with Gasteiger partial charge in [-0.1, -0.05) is 118 Å². The highest BCUT2D eigenvalue weighted by Gasteiger charge is 2.24. The van der Waals surface area contributed by atoms with Crippen molar-refractivity contribution >= 4 is 30.3 Å². The molecule has 4 atom stereocenters. The van der Waals surface area contributed by atoms with Gasteiger partial charge < -0.3 is 30.7 Å². The van der Waals surface area contributed by atoms with Crippen LogP contribution in [0.15, 0.2) is 109 Å². The number of carbonyl (C=O) groups is 2. The summed E-state index contributed by atoms with van der Waals surface area (Å²) in [6, 6.07) is 33.6. The second-order valence-electron chi connectivity index (χ2n) is 12.7. The van der Waals surface area contributed by atoms with Gasteiger partial charge in [-0.15, -0.1) is 0 Å². The molecule has 0 saturated carbocycles. The molecule has 8 nitrogen and oxygen atoms in total. The van der Waals surface area contributed by atoms with Crippen LogP contribution in [0.3, 0.4) is 0 Å². The molecule has 0 fully saturated rings. The Morgan fingerprint density at radius 2 is 1.27 bits per heavy atom. The summed E-state index contributed by atoms with van der Waals surface area (Å²) in [5, 5.41) is 24.7. The molecule has 254 valence electrons. The van der Waals surface area contributed by atoms with Crippen LogP contribution in [0, 0.1) is 5.92 Å². The molecule has 48 heavy (non-hydrogen) atoms. The third kappa shape index (κ3) is 11.2. The molecule has 2 amide bonds. The minimum Gasteiger partial charge on any atom is -0.387 e. The molecule has 0 aliphatic heterocycles. The lowest BCUT2D eigenvalue weighted by atomic mass is 10.00. The van der Waals surface area contributed by atoms with Gasteiger partial charge in [-0.05, 0) is 60.7 Å². The van der Waals surface area contributed by atoms with E-state index in [2.05, 4.69) is 47.9 Å². The lowest BCUT2D eigenvalue weighted by molar-refractivity contribution is 0.0929. The topological polar surface area (TPSA) is 106 Å². The van der Waals surface area contributed by atoms with Crippen molar-refractivity contribution in [3.8, 4) is 0 Å². The summed E-state index contributed by atoms with van der Waals surface area (Å²) in [7, 11) is 1.75. The Labute approximate surface area is 290 Å². The quantitative estimate of drug-likeness (QED) is 0.0804. The maximum atomic E-state index is 13.9. The number of hydrogen-bond acceptors (Lipinski definition) is 7. The predicted octanol–water partition coefficient (Wildman–Crippen LogP) is 5.74. The monoisotopic (exact) mass is 667 g/mol. The first-order valence-electron chi connectivity index (χ1n) is 16.6. The molecular formula is C39H49N5O3S. The Morgan fingerprint density at radius 1 is 0.729 bits per heavy atom. The summed E-state index contributed by atoms with van der Waals surface area (Å²) < 4.78 is 1.58. The Morgan fingerprint density at radius 3 is 1.83 bits per heavy atom. The van der Waals surface area contributed by atoms with Gasteiger partial charge in [-0.25, -0.2) is 0 Å². The molecule has 1 unspecified atom stereocenters.